The third-order valence-corrected chi connectivity index (χ3v) is 5.18. The lowest BCUT2D eigenvalue weighted by atomic mass is 9.90. The van der Waals surface area contributed by atoms with Crippen LogP contribution in [0.25, 0.3) is 0 Å². The van der Waals surface area contributed by atoms with Crippen LogP contribution >= 0.6 is 35.6 Å². The normalized spacial score (nSPS) is 12.5. The lowest BCUT2D eigenvalue weighted by Gasteiger charge is -2.26. The van der Waals surface area contributed by atoms with Crippen LogP contribution in [0.4, 0.5) is 0 Å². The molecule has 1 aromatic carbocycles. The Kier molecular flexibility index (Phi) is 11.1. The molecule has 0 aromatic heterocycles. The predicted octanol–water partition coefficient (Wildman–Crippen LogP) is 3.82. The minimum absolute atomic E-state index is 0. The Morgan fingerprint density at radius 2 is 1.92 bits per heavy atom. The second kappa shape index (κ2) is 11.3. The van der Waals surface area contributed by atoms with Crippen LogP contribution in [0.1, 0.15) is 32.8 Å². The van der Waals surface area contributed by atoms with E-state index in [0.717, 1.165) is 23.1 Å². The Bertz CT molecular complexity index is 693. The molecule has 8 heteroatoms. The molecule has 26 heavy (non-hydrogen) atoms. The summed E-state index contributed by atoms with van der Waals surface area (Å²) in [6.07, 6.45) is 1.86. The Balaban J connectivity index is 0.00000625. The second-order valence-corrected chi connectivity index (χ2v) is 9.83. The van der Waals surface area contributed by atoms with Gasteiger partial charge < -0.3 is 10.2 Å². The summed E-state index contributed by atoms with van der Waals surface area (Å²) < 4.78 is 22.8. The van der Waals surface area contributed by atoms with E-state index in [0.29, 0.717) is 19.5 Å². The van der Waals surface area contributed by atoms with Gasteiger partial charge in [0.25, 0.3) is 0 Å². The molecule has 0 unspecified atom stereocenters. The molecule has 0 fully saturated rings. The van der Waals surface area contributed by atoms with E-state index >= 15 is 0 Å². The first-order valence-electron chi connectivity index (χ1n) is 8.44. The van der Waals surface area contributed by atoms with E-state index in [2.05, 4.69) is 5.32 Å². The molecule has 5 nitrogen and oxygen atoms in total. The summed E-state index contributed by atoms with van der Waals surface area (Å²) in [5, 5.41) is 4.02. The fraction of sp³-hybridized carbons (Fsp3) is 0.611. The number of nitrogens with zero attached hydrogens (tertiary/aromatic N) is 2. The molecule has 0 heterocycles. The van der Waals surface area contributed by atoms with Gasteiger partial charge in [0.1, 0.15) is 9.84 Å². The van der Waals surface area contributed by atoms with Crippen LogP contribution < -0.4 is 5.32 Å². The van der Waals surface area contributed by atoms with E-state index < -0.39 is 9.84 Å². The van der Waals surface area contributed by atoms with Crippen molar-refractivity contribution in [3.8, 4) is 0 Å². The minimum Gasteiger partial charge on any atom is -0.357 e. The molecule has 0 bridgehead atoms. The van der Waals surface area contributed by atoms with Crippen molar-refractivity contribution in [3.63, 3.8) is 0 Å². The predicted molar refractivity (Wildman–Crippen MR) is 122 cm³/mol. The number of halogens is 2. The van der Waals surface area contributed by atoms with Crippen molar-refractivity contribution in [2.24, 2.45) is 10.4 Å². The van der Waals surface area contributed by atoms with E-state index in [-0.39, 0.29) is 35.1 Å². The maximum atomic E-state index is 11.4. The zero-order valence-electron chi connectivity index (χ0n) is 16.3. The Morgan fingerprint density at radius 3 is 2.46 bits per heavy atom. The van der Waals surface area contributed by atoms with Crippen molar-refractivity contribution < 1.29 is 8.42 Å². The fourth-order valence-corrected chi connectivity index (χ4v) is 3.38. The molecule has 1 N–H and O–H groups in total. The molecule has 0 spiro atoms. The summed E-state index contributed by atoms with van der Waals surface area (Å²) in [5.41, 5.74) is 0.850. The van der Waals surface area contributed by atoms with E-state index in [4.69, 9.17) is 16.6 Å². The molecule has 0 amide bonds. The number of aliphatic imine (C=N–C) groups is 1. The zero-order chi connectivity index (χ0) is 19.1. The van der Waals surface area contributed by atoms with Crippen LogP contribution in [-0.2, 0) is 16.4 Å². The third kappa shape index (κ3) is 9.97. The molecular weight excluding hydrogens is 485 g/mol. The van der Waals surface area contributed by atoms with Crippen molar-refractivity contribution in [3.05, 3.63) is 34.9 Å². The van der Waals surface area contributed by atoms with Crippen molar-refractivity contribution >= 4 is 51.4 Å². The first-order valence-corrected chi connectivity index (χ1v) is 10.9. The largest absolute Gasteiger partial charge is 0.357 e. The molecule has 0 saturated carbocycles. The van der Waals surface area contributed by atoms with Gasteiger partial charge in [-0.05, 0) is 30.4 Å². The fourth-order valence-electron chi connectivity index (χ4n) is 2.26. The van der Waals surface area contributed by atoms with Crippen LogP contribution in [0.5, 0.6) is 0 Å². The maximum Gasteiger partial charge on any atom is 0.193 e. The number of hydrogen-bond donors (Lipinski definition) is 1. The Labute approximate surface area is 180 Å². The van der Waals surface area contributed by atoms with Crippen LogP contribution in [-0.4, -0.2) is 51.4 Å². The highest BCUT2D eigenvalue weighted by atomic mass is 127. The molecule has 1 rings (SSSR count). The van der Waals surface area contributed by atoms with Crippen LogP contribution in [0.15, 0.2) is 29.3 Å². The number of hydrogen-bond acceptors (Lipinski definition) is 3. The van der Waals surface area contributed by atoms with E-state index in [1.165, 1.54) is 6.26 Å². The molecule has 0 aliphatic heterocycles. The van der Waals surface area contributed by atoms with Gasteiger partial charge in [0, 0.05) is 38.0 Å². The molecule has 150 valence electrons. The van der Waals surface area contributed by atoms with Gasteiger partial charge in [-0.1, -0.05) is 43.6 Å². The average Bonchev–Trinajstić information content (AvgIpc) is 2.51. The topological polar surface area (TPSA) is 61.8 Å². The SMILES string of the molecule is CCNC(=NCC(C)(C)CCS(C)(=O)=O)N(C)Cc1ccccc1Cl.I. The monoisotopic (exact) mass is 515 g/mol. The van der Waals surface area contributed by atoms with Gasteiger partial charge >= 0.3 is 0 Å². The molecule has 0 atom stereocenters. The lowest BCUT2D eigenvalue weighted by Crippen LogP contribution is -2.39. The van der Waals surface area contributed by atoms with E-state index in [1.54, 1.807) is 0 Å². The molecule has 0 radical (unpaired) electrons. The Hall–Kier alpha value is -0.540. The van der Waals surface area contributed by atoms with E-state index in [9.17, 15) is 8.42 Å². The summed E-state index contributed by atoms with van der Waals surface area (Å²) in [5.74, 6) is 0.969. The van der Waals surface area contributed by atoms with Crippen LogP contribution in [0.3, 0.4) is 0 Å². The number of benzene rings is 1. The minimum atomic E-state index is -2.96. The summed E-state index contributed by atoms with van der Waals surface area (Å²) >= 11 is 6.24. The number of sulfone groups is 1. The maximum absolute atomic E-state index is 11.4. The standard InChI is InChI=1S/C18H30ClN3O2S.HI/c1-6-20-17(21-14-18(2,3)11-12-25(5,23)24)22(4)13-15-9-7-8-10-16(15)19;/h7-10H,6,11-14H2,1-5H3,(H,20,21);1H. The highest BCUT2D eigenvalue weighted by molar-refractivity contribution is 14.0. The van der Waals surface area contributed by atoms with Crippen molar-refractivity contribution in [1.82, 2.24) is 10.2 Å². The molecule has 0 aliphatic carbocycles. The zero-order valence-corrected chi connectivity index (χ0v) is 20.2. The van der Waals surface area contributed by atoms with Crippen LogP contribution in [0.2, 0.25) is 5.02 Å². The molecular formula is C18H31ClIN3O2S. The number of guanidine groups is 1. The quantitative estimate of drug-likeness (QED) is 0.325. The first kappa shape index (κ1) is 25.5. The van der Waals surface area contributed by atoms with E-state index in [1.807, 2.05) is 57.0 Å². The van der Waals surface area contributed by atoms with Crippen molar-refractivity contribution in [2.45, 2.75) is 33.7 Å². The van der Waals surface area contributed by atoms with Gasteiger partial charge in [-0.15, -0.1) is 24.0 Å². The average molecular weight is 516 g/mol. The molecule has 1 aromatic rings. The van der Waals surface area contributed by atoms with Gasteiger partial charge in [-0.3, -0.25) is 4.99 Å². The third-order valence-electron chi connectivity index (χ3n) is 3.87. The number of rotatable bonds is 8. The summed E-state index contributed by atoms with van der Waals surface area (Å²) in [6, 6.07) is 7.75. The van der Waals surface area contributed by atoms with Crippen molar-refractivity contribution in [1.29, 1.82) is 0 Å². The van der Waals surface area contributed by atoms with Crippen molar-refractivity contribution in [2.75, 3.05) is 32.1 Å². The first-order chi connectivity index (χ1) is 11.5. The highest BCUT2D eigenvalue weighted by Gasteiger charge is 2.20. The second-order valence-electron chi connectivity index (χ2n) is 7.16. The smallest absolute Gasteiger partial charge is 0.193 e. The molecule has 0 saturated heterocycles. The van der Waals surface area contributed by atoms with Gasteiger partial charge in [-0.2, -0.15) is 0 Å². The number of nitrogens with one attached hydrogen (secondary N) is 1. The van der Waals surface area contributed by atoms with Gasteiger partial charge in [0.2, 0.25) is 0 Å². The lowest BCUT2D eigenvalue weighted by molar-refractivity contribution is 0.361. The summed E-state index contributed by atoms with van der Waals surface area (Å²) in [6.45, 7) is 8.06. The molecule has 0 aliphatic rings. The van der Waals surface area contributed by atoms with Gasteiger partial charge in [0.15, 0.2) is 5.96 Å². The van der Waals surface area contributed by atoms with Crippen LogP contribution in [0, 0.1) is 5.41 Å². The van der Waals surface area contributed by atoms with Gasteiger partial charge in [0.05, 0.1) is 5.75 Å². The Morgan fingerprint density at radius 1 is 1.31 bits per heavy atom. The summed E-state index contributed by atoms with van der Waals surface area (Å²) in [4.78, 5) is 6.73. The summed E-state index contributed by atoms with van der Waals surface area (Å²) in [7, 11) is -0.990. The van der Waals surface area contributed by atoms with Gasteiger partial charge in [-0.25, -0.2) is 8.42 Å². The highest BCUT2D eigenvalue weighted by Crippen LogP contribution is 2.22.